The molecule has 20 heteroatoms. The van der Waals surface area contributed by atoms with Crippen LogP contribution in [0.15, 0.2) is 122 Å². The van der Waals surface area contributed by atoms with E-state index in [1.807, 2.05) is 0 Å². The maximum atomic E-state index is 12.8. The number of nitrogens with zero attached hydrogens (tertiary/aromatic N) is 4. The molecule has 0 saturated carbocycles. The lowest BCUT2D eigenvalue weighted by Gasteiger charge is -2.14. The lowest BCUT2D eigenvalue weighted by molar-refractivity contribution is -0.132. The number of esters is 1. The number of carboxylic acid groups (broad SMARTS) is 1. The van der Waals surface area contributed by atoms with Crippen molar-refractivity contribution in [3.8, 4) is 45.9 Å². The Hall–Kier alpha value is -8.42. The van der Waals surface area contributed by atoms with Gasteiger partial charge in [-0.3, -0.25) is 9.13 Å². The highest BCUT2D eigenvalue weighted by Crippen LogP contribution is 2.38. The first kappa shape index (κ1) is 50.5. The number of nitrogens with one attached hydrogen (secondary N) is 2. The number of aromatic carboxylic acids is 1. The molecule has 71 heavy (non-hydrogen) atoms. The minimum atomic E-state index is -4.31. The number of fused-ring (bicyclic) bond motifs is 2. The number of imidazole rings is 2. The second-order valence-electron chi connectivity index (χ2n) is 15.8. The molecule has 6 aromatic carbocycles. The number of alkyl halides is 6. The van der Waals surface area contributed by atoms with Crippen molar-refractivity contribution >= 4 is 45.4 Å². The zero-order valence-corrected chi connectivity index (χ0v) is 38.7. The number of carbonyl (C=O) groups excluding carboxylic acids is 1. The zero-order valence-electron chi connectivity index (χ0n) is 38.7. The predicted octanol–water partition coefficient (Wildman–Crippen LogP) is 12.5. The van der Waals surface area contributed by atoms with E-state index in [1.165, 1.54) is 33.7 Å². The highest BCUT2D eigenvalue weighted by molar-refractivity contribution is 5.94. The fourth-order valence-electron chi connectivity index (χ4n) is 7.49. The number of hydrogen-bond donors (Lipinski definition) is 3. The summed E-state index contributed by atoms with van der Waals surface area (Å²) >= 11 is 0. The Labute approximate surface area is 402 Å². The third kappa shape index (κ3) is 12.3. The first-order valence-corrected chi connectivity index (χ1v) is 21.6. The first-order chi connectivity index (χ1) is 33.9. The molecule has 14 nitrogen and oxygen atoms in total. The first-order valence-electron chi connectivity index (χ1n) is 21.6. The van der Waals surface area contributed by atoms with Crippen molar-refractivity contribution in [2.24, 2.45) is 0 Å². The highest BCUT2D eigenvalue weighted by atomic mass is 19.4. The molecular weight excluding hydrogens is 939 g/mol. The average Bonchev–Trinajstić information content (AvgIpc) is 3.96. The van der Waals surface area contributed by atoms with Crippen LogP contribution in [0.4, 0.5) is 37.7 Å². The lowest BCUT2D eigenvalue weighted by Crippen LogP contribution is -2.14. The lowest BCUT2D eigenvalue weighted by atomic mass is 10.1. The molecule has 0 bridgehead atoms. The third-order valence-electron chi connectivity index (χ3n) is 10.9. The Morgan fingerprint density at radius 1 is 0.577 bits per heavy atom. The molecule has 2 aromatic heterocycles. The van der Waals surface area contributed by atoms with Crippen molar-refractivity contribution in [1.82, 2.24) is 19.1 Å². The maximum absolute atomic E-state index is 12.8. The molecule has 3 N–H and O–H groups in total. The minimum absolute atomic E-state index is 0.174. The summed E-state index contributed by atoms with van der Waals surface area (Å²) < 4.78 is 108. The largest absolute Gasteiger partial charge is 0.493 e. The van der Waals surface area contributed by atoms with E-state index >= 15 is 0 Å². The quantitative estimate of drug-likeness (QED) is 0.0622. The molecule has 0 spiro atoms. The number of aromatic nitrogens is 4. The SMILES string of the molecule is COC(=O)c1ccc(-n2cnc3c(NCCC(F)(F)F)cc(Oc4ccccc4OC)cc32)cc1C.COc1ccccc1Oc1cc(NCCC(F)(F)F)c2ncn(-c3ccc(C(=O)O)c(C)c3)c2c1. The molecule has 0 radical (unpaired) electrons. The molecule has 8 rings (SSSR count). The van der Waals surface area contributed by atoms with Crippen LogP contribution in [-0.2, 0) is 4.74 Å². The normalized spacial score (nSPS) is 11.4. The molecule has 2 heterocycles. The van der Waals surface area contributed by atoms with Gasteiger partial charge < -0.3 is 39.4 Å². The number of ether oxygens (including phenoxy) is 5. The van der Waals surface area contributed by atoms with Crippen molar-refractivity contribution in [2.75, 3.05) is 45.1 Å². The van der Waals surface area contributed by atoms with Crippen LogP contribution in [0.25, 0.3) is 33.4 Å². The summed E-state index contributed by atoms with van der Waals surface area (Å²) in [4.78, 5) is 32.2. The van der Waals surface area contributed by atoms with Crippen LogP contribution in [0, 0.1) is 13.8 Å². The molecule has 0 aliphatic heterocycles. The van der Waals surface area contributed by atoms with Gasteiger partial charge in [0.15, 0.2) is 23.0 Å². The van der Waals surface area contributed by atoms with Crippen molar-refractivity contribution in [3.63, 3.8) is 0 Å². The van der Waals surface area contributed by atoms with E-state index in [0.29, 0.717) is 96.0 Å². The number of anilines is 2. The van der Waals surface area contributed by atoms with Gasteiger partial charge in [0, 0.05) is 48.7 Å². The Morgan fingerprint density at radius 2 is 0.986 bits per heavy atom. The molecule has 0 saturated heterocycles. The van der Waals surface area contributed by atoms with E-state index in [4.69, 9.17) is 23.7 Å². The van der Waals surface area contributed by atoms with Gasteiger partial charge in [0.25, 0.3) is 0 Å². The van der Waals surface area contributed by atoms with Gasteiger partial charge in [-0.05, 0) is 85.6 Å². The Morgan fingerprint density at radius 3 is 1.35 bits per heavy atom. The van der Waals surface area contributed by atoms with E-state index in [1.54, 1.807) is 132 Å². The van der Waals surface area contributed by atoms with E-state index in [9.17, 15) is 41.0 Å². The smallest absolute Gasteiger partial charge is 0.390 e. The van der Waals surface area contributed by atoms with Crippen LogP contribution in [0.2, 0.25) is 0 Å². The number of carboxylic acids is 1. The van der Waals surface area contributed by atoms with Gasteiger partial charge in [0.05, 0.1) is 67.7 Å². The Kier molecular flexibility index (Phi) is 15.3. The van der Waals surface area contributed by atoms with E-state index < -0.39 is 37.1 Å². The van der Waals surface area contributed by atoms with Gasteiger partial charge in [0.1, 0.15) is 35.2 Å². The average molecular weight is 985 g/mol. The standard InChI is InChI=1S/C26H24F3N3O4.C25H22F3N3O4/c1-16-12-17(8-9-19(16)25(33)35-3)32-15-31-24-20(30-11-10-26(27,28)29)13-18(14-21(24)32)36-23-7-5-4-6-22(23)34-2;1-15-11-16(7-8-18(15)24(32)33)31-14-30-23-19(29-10-9-25(26,27)28)12-17(13-20(23)31)35-22-6-4-3-5-21(22)34-2/h4-9,12-15,30H,10-11H2,1-3H3;3-8,11-14,29H,9-10H2,1-2H3,(H,32,33). The topological polar surface area (TPSA) is 160 Å². The van der Waals surface area contributed by atoms with Crippen molar-refractivity contribution < 1.29 is 64.7 Å². The summed E-state index contributed by atoms with van der Waals surface area (Å²) in [6.07, 6.45) is -7.51. The Bertz CT molecular complexity index is 3210. The van der Waals surface area contributed by atoms with Gasteiger partial charge in [-0.1, -0.05) is 24.3 Å². The van der Waals surface area contributed by atoms with Crippen LogP contribution in [0.5, 0.6) is 34.5 Å². The fourth-order valence-corrected chi connectivity index (χ4v) is 7.49. The number of aryl methyl sites for hydroxylation is 2. The molecule has 0 amide bonds. The molecule has 0 aliphatic rings. The third-order valence-corrected chi connectivity index (χ3v) is 10.9. The van der Waals surface area contributed by atoms with Gasteiger partial charge in [0.2, 0.25) is 0 Å². The van der Waals surface area contributed by atoms with Crippen LogP contribution in [0.3, 0.4) is 0 Å². The summed E-state index contributed by atoms with van der Waals surface area (Å²) in [5.74, 6) is 1.14. The molecule has 370 valence electrons. The van der Waals surface area contributed by atoms with Crippen LogP contribution < -0.4 is 29.6 Å². The second kappa shape index (κ2) is 21.5. The van der Waals surface area contributed by atoms with Crippen molar-refractivity contribution in [2.45, 2.75) is 39.0 Å². The molecular formula is C51H46F6N6O8. The summed E-state index contributed by atoms with van der Waals surface area (Å²) in [6.45, 7) is 2.81. The van der Waals surface area contributed by atoms with Crippen molar-refractivity contribution in [1.29, 1.82) is 0 Å². The summed E-state index contributed by atoms with van der Waals surface area (Å²) in [5, 5.41) is 15.0. The van der Waals surface area contributed by atoms with Gasteiger partial charge in [-0.25, -0.2) is 19.6 Å². The summed E-state index contributed by atoms with van der Waals surface area (Å²) in [6, 6.07) is 30.7. The molecule has 0 atom stereocenters. The predicted molar refractivity (Wildman–Crippen MR) is 254 cm³/mol. The van der Waals surface area contributed by atoms with Crippen LogP contribution in [-0.4, -0.2) is 82.9 Å². The number of rotatable bonds is 16. The van der Waals surface area contributed by atoms with E-state index in [0.717, 1.165) is 0 Å². The highest BCUT2D eigenvalue weighted by Gasteiger charge is 2.28. The number of hydrogen-bond acceptors (Lipinski definition) is 11. The van der Waals surface area contributed by atoms with Crippen LogP contribution in [0.1, 0.15) is 44.7 Å². The number of para-hydroxylation sites is 4. The maximum Gasteiger partial charge on any atom is 0.390 e. The second-order valence-corrected chi connectivity index (χ2v) is 15.8. The zero-order chi connectivity index (χ0) is 51.0. The molecule has 0 fully saturated rings. The van der Waals surface area contributed by atoms with Gasteiger partial charge in [-0.2, -0.15) is 26.3 Å². The Balaban J connectivity index is 0.000000209. The van der Waals surface area contributed by atoms with E-state index in [2.05, 4.69) is 20.6 Å². The summed E-state index contributed by atoms with van der Waals surface area (Å²) in [7, 11) is 4.34. The van der Waals surface area contributed by atoms with Gasteiger partial charge in [-0.15, -0.1) is 0 Å². The number of halogens is 6. The molecule has 0 aliphatic carbocycles. The number of methoxy groups -OCH3 is 3. The molecule has 0 unspecified atom stereocenters. The number of carbonyl (C=O) groups is 2. The monoisotopic (exact) mass is 984 g/mol. The van der Waals surface area contributed by atoms with E-state index in [-0.39, 0.29) is 18.7 Å². The fraction of sp³-hybridized carbons (Fsp3) is 0.216. The summed E-state index contributed by atoms with van der Waals surface area (Å²) in [5.41, 5.74) is 6.05. The number of benzene rings is 6. The van der Waals surface area contributed by atoms with Gasteiger partial charge >= 0.3 is 24.3 Å². The molecule has 8 aromatic rings. The van der Waals surface area contributed by atoms with Crippen LogP contribution >= 0.6 is 0 Å². The minimum Gasteiger partial charge on any atom is -0.493 e. The van der Waals surface area contributed by atoms with Crippen molar-refractivity contribution in [3.05, 3.63) is 144 Å².